The summed E-state index contributed by atoms with van der Waals surface area (Å²) in [6, 6.07) is 40.6. The fourth-order valence-electron chi connectivity index (χ4n) is 3.65. The van der Waals surface area contributed by atoms with Crippen LogP contribution < -0.4 is 15.6 Å². The van der Waals surface area contributed by atoms with Crippen molar-refractivity contribution in [2.24, 2.45) is 5.16 Å². The van der Waals surface area contributed by atoms with Gasteiger partial charge in [0.15, 0.2) is 0 Å². The lowest BCUT2D eigenvalue weighted by Crippen LogP contribution is -2.68. The Morgan fingerprint density at radius 2 is 1.10 bits per heavy atom. The smallest absolute Gasteiger partial charge is 0.380 e. The van der Waals surface area contributed by atoms with Gasteiger partial charge in [0.1, 0.15) is 0 Å². The van der Waals surface area contributed by atoms with Crippen molar-refractivity contribution in [3.05, 3.63) is 126 Å². The van der Waals surface area contributed by atoms with Crippen molar-refractivity contribution in [1.29, 1.82) is 5.26 Å². The number of benzene rings is 4. The minimum atomic E-state index is -2.88. The SMILES string of the molecule is C/C(=N\O[Si](c1ccccc1)(c1ccccc1)c1ccccc1)c1ccc(C#N)cc1. The van der Waals surface area contributed by atoms with Gasteiger partial charge in [-0.15, -0.1) is 5.16 Å². The van der Waals surface area contributed by atoms with Crippen LogP contribution in [0.5, 0.6) is 0 Å². The van der Waals surface area contributed by atoms with Crippen LogP contribution in [-0.4, -0.2) is 14.0 Å². The first-order chi connectivity index (χ1) is 15.2. The van der Waals surface area contributed by atoms with Crippen LogP contribution in [0, 0.1) is 11.3 Å². The standard InChI is InChI=1S/C27H22N2OSi/c1-22(24-19-17-23(21-28)18-20-24)29-30-31(25-11-5-2-6-12-25,26-13-7-3-8-14-26)27-15-9-4-10-16-27/h2-20H,1H3/b29-22+. The minimum Gasteiger partial charge on any atom is -0.438 e. The van der Waals surface area contributed by atoms with Crippen LogP contribution >= 0.6 is 0 Å². The van der Waals surface area contributed by atoms with Crippen LogP contribution in [0.4, 0.5) is 0 Å². The number of hydrogen-bond acceptors (Lipinski definition) is 3. The number of rotatable bonds is 6. The van der Waals surface area contributed by atoms with Crippen molar-refractivity contribution in [3.63, 3.8) is 0 Å². The van der Waals surface area contributed by atoms with Crippen molar-refractivity contribution < 1.29 is 4.53 Å². The Balaban J connectivity index is 1.86. The first kappa shape index (κ1) is 20.3. The zero-order valence-electron chi connectivity index (χ0n) is 17.3. The van der Waals surface area contributed by atoms with E-state index in [0.29, 0.717) is 5.56 Å². The lowest BCUT2D eigenvalue weighted by atomic mass is 10.1. The van der Waals surface area contributed by atoms with E-state index in [1.54, 1.807) is 12.1 Å². The topological polar surface area (TPSA) is 45.4 Å². The molecule has 4 aromatic rings. The summed E-state index contributed by atoms with van der Waals surface area (Å²) in [6.45, 7) is 1.93. The summed E-state index contributed by atoms with van der Waals surface area (Å²) in [4.78, 5) is 0. The lowest BCUT2D eigenvalue weighted by molar-refractivity contribution is 0.349. The van der Waals surface area contributed by atoms with Gasteiger partial charge in [-0.3, -0.25) is 0 Å². The quantitative estimate of drug-likeness (QED) is 0.206. The molecule has 0 unspecified atom stereocenters. The Bertz CT molecular complexity index is 1100. The molecule has 0 aliphatic heterocycles. The Morgan fingerprint density at radius 1 is 0.677 bits per heavy atom. The average molecular weight is 419 g/mol. The molecule has 4 heteroatoms. The van der Waals surface area contributed by atoms with Crippen molar-refractivity contribution in [2.45, 2.75) is 6.92 Å². The Morgan fingerprint density at radius 3 is 1.48 bits per heavy atom. The summed E-state index contributed by atoms with van der Waals surface area (Å²) < 4.78 is 6.62. The average Bonchev–Trinajstić information content (AvgIpc) is 2.86. The van der Waals surface area contributed by atoms with Crippen molar-refractivity contribution in [1.82, 2.24) is 0 Å². The molecule has 0 saturated heterocycles. The maximum absolute atomic E-state index is 9.06. The molecule has 0 radical (unpaired) electrons. The molecule has 0 aliphatic rings. The van der Waals surface area contributed by atoms with Gasteiger partial charge in [-0.2, -0.15) is 5.26 Å². The summed E-state index contributed by atoms with van der Waals surface area (Å²) in [6.07, 6.45) is 0. The molecule has 4 aromatic carbocycles. The normalized spacial score (nSPS) is 11.5. The summed E-state index contributed by atoms with van der Waals surface area (Å²) in [5.41, 5.74) is 2.32. The second-order valence-electron chi connectivity index (χ2n) is 7.24. The molecule has 0 atom stereocenters. The maximum atomic E-state index is 9.06. The molecule has 150 valence electrons. The van der Waals surface area contributed by atoms with Crippen molar-refractivity contribution in [3.8, 4) is 6.07 Å². The highest BCUT2D eigenvalue weighted by Gasteiger charge is 2.44. The Kier molecular flexibility index (Phi) is 6.07. The van der Waals surface area contributed by atoms with E-state index in [0.717, 1.165) is 26.8 Å². The number of nitriles is 1. The number of oxime groups is 1. The van der Waals surface area contributed by atoms with Crippen LogP contribution in [0.25, 0.3) is 0 Å². The largest absolute Gasteiger partial charge is 0.438 e. The Hall–Kier alpha value is -3.94. The molecule has 4 rings (SSSR count). The van der Waals surface area contributed by atoms with Gasteiger partial charge in [-0.05, 0) is 40.2 Å². The van der Waals surface area contributed by atoms with Gasteiger partial charge in [-0.25, -0.2) is 0 Å². The summed E-state index contributed by atoms with van der Waals surface area (Å²) >= 11 is 0. The van der Waals surface area contributed by atoms with E-state index in [2.05, 4.69) is 47.6 Å². The first-order valence-electron chi connectivity index (χ1n) is 10.1. The molecule has 31 heavy (non-hydrogen) atoms. The molecular formula is C27H22N2OSi. The van der Waals surface area contributed by atoms with Gasteiger partial charge >= 0.3 is 8.32 Å². The predicted octanol–water partition coefficient (Wildman–Crippen LogP) is 3.97. The third-order valence-corrected chi connectivity index (χ3v) is 9.10. The molecule has 0 fully saturated rings. The van der Waals surface area contributed by atoms with Crippen LogP contribution in [0.3, 0.4) is 0 Å². The van der Waals surface area contributed by atoms with E-state index >= 15 is 0 Å². The molecule has 0 aromatic heterocycles. The van der Waals surface area contributed by atoms with E-state index in [1.807, 2.05) is 73.7 Å². The van der Waals surface area contributed by atoms with Gasteiger partial charge < -0.3 is 4.53 Å². The van der Waals surface area contributed by atoms with Crippen LogP contribution in [-0.2, 0) is 4.53 Å². The summed E-state index contributed by atoms with van der Waals surface area (Å²) in [7, 11) is -2.88. The minimum absolute atomic E-state index is 0.624. The molecule has 0 amide bonds. The molecule has 0 spiro atoms. The third-order valence-electron chi connectivity index (χ3n) is 5.29. The third kappa shape index (κ3) is 4.18. The fraction of sp³-hybridized carbons (Fsp3) is 0.0370. The number of hydrogen-bond donors (Lipinski definition) is 0. The van der Waals surface area contributed by atoms with E-state index in [4.69, 9.17) is 9.79 Å². The highest BCUT2D eigenvalue weighted by molar-refractivity contribution is 7.07. The summed E-state index contributed by atoms with van der Waals surface area (Å²) in [5.74, 6) is 0. The first-order valence-corrected chi connectivity index (χ1v) is 12.0. The Labute approximate surface area is 184 Å². The van der Waals surface area contributed by atoms with Gasteiger partial charge in [0, 0.05) is 0 Å². The van der Waals surface area contributed by atoms with E-state index < -0.39 is 8.32 Å². The van der Waals surface area contributed by atoms with Gasteiger partial charge in [0.25, 0.3) is 0 Å². The second kappa shape index (κ2) is 9.25. The molecule has 3 nitrogen and oxygen atoms in total. The van der Waals surface area contributed by atoms with Gasteiger partial charge in [-0.1, -0.05) is 103 Å². The molecule has 0 aliphatic carbocycles. The van der Waals surface area contributed by atoms with Crippen LogP contribution in [0.2, 0.25) is 0 Å². The molecule has 0 heterocycles. The molecular weight excluding hydrogens is 396 g/mol. The molecule has 0 N–H and O–H groups in total. The number of nitrogens with zero attached hydrogens (tertiary/aromatic N) is 2. The van der Waals surface area contributed by atoms with E-state index in [1.165, 1.54) is 0 Å². The van der Waals surface area contributed by atoms with Gasteiger partial charge in [0.2, 0.25) is 0 Å². The highest BCUT2D eigenvalue weighted by Crippen LogP contribution is 2.12. The van der Waals surface area contributed by atoms with Crippen LogP contribution in [0.15, 0.2) is 120 Å². The second-order valence-corrected chi connectivity index (χ2v) is 10.5. The molecule has 0 saturated carbocycles. The predicted molar refractivity (Wildman–Crippen MR) is 128 cm³/mol. The summed E-state index contributed by atoms with van der Waals surface area (Å²) in [5, 5.41) is 17.1. The molecule has 0 bridgehead atoms. The van der Waals surface area contributed by atoms with Gasteiger partial charge in [0.05, 0.1) is 17.3 Å². The van der Waals surface area contributed by atoms with Crippen molar-refractivity contribution >= 4 is 29.6 Å². The van der Waals surface area contributed by atoms with E-state index in [9.17, 15) is 0 Å². The van der Waals surface area contributed by atoms with Crippen molar-refractivity contribution in [2.75, 3.05) is 0 Å². The highest BCUT2D eigenvalue weighted by atomic mass is 28.4. The fourth-order valence-corrected chi connectivity index (χ4v) is 7.23. The zero-order valence-corrected chi connectivity index (χ0v) is 18.3. The van der Waals surface area contributed by atoms with E-state index in [-0.39, 0.29) is 0 Å². The lowest BCUT2D eigenvalue weighted by Gasteiger charge is -2.30. The monoisotopic (exact) mass is 418 g/mol. The zero-order chi connectivity index (χ0) is 21.5. The van der Waals surface area contributed by atoms with Crippen LogP contribution in [0.1, 0.15) is 18.1 Å². The maximum Gasteiger partial charge on any atom is 0.380 e.